The summed E-state index contributed by atoms with van der Waals surface area (Å²) in [6.07, 6.45) is 6.01. The van der Waals surface area contributed by atoms with E-state index in [-0.39, 0.29) is 0 Å². The Morgan fingerprint density at radius 3 is 2.63 bits per heavy atom. The second-order valence-electron chi connectivity index (χ2n) is 6.61. The molecule has 27 heavy (non-hydrogen) atoms. The summed E-state index contributed by atoms with van der Waals surface area (Å²) >= 11 is 6.38. The number of halogens is 1. The third-order valence-corrected chi connectivity index (χ3v) is 4.88. The molecule has 0 atom stereocenters. The zero-order valence-electron chi connectivity index (χ0n) is 15.5. The number of hydrogen-bond acceptors (Lipinski definition) is 7. The van der Waals surface area contributed by atoms with Crippen LogP contribution in [0.25, 0.3) is 11.4 Å². The summed E-state index contributed by atoms with van der Waals surface area (Å²) in [4.78, 5) is 24.9. The highest BCUT2D eigenvalue weighted by Crippen LogP contribution is 2.29. The molecule has 7 nitrogen and oxygen atoms in total. The van der Waals surface area contributed by atoms with Crippen LogP contribution in [0.15, 0.2) is 24.7 Å². The Kier molecular flexibility index (Phi) is 4.61. The van der Waals surface area contributed by atoms with Gasteiger partial charge in [0.1, 0.15) is 11.5 Å². The maximum Gasteiger partial charge on any atom is 0.226 e. The van der Waals surface area contributed by atoms with E-state index in [0.29, 0.717) is 23.2 Å². The first-order valence-corrected chi connectivity index (χ1v) is 9.16. The van der Waals surface area contributed by atoms with Gasteiger partial charge in [0.05, 0.1) is 41.0 Å². The van der Waals surface area contributed by atoms with Crippen LogP contribution in [-0.2, 0) is 13.0 Å². The quantitative estimate of drug-likeness (QED) is 0.746. The summed E-state index contributed by atoms with van der Waals surface area (Å²) in [5, 5.41) is 3.52. The summed E-state index contributed by atoms with van der Waals surface area (Å²) in [7, 11) is 1.84. The lowest BCUT2D eigenvalue weighted by atomic mass is 10.1. The van der Waals surface area contributed by atoms with Gasteiger partial charge in [-0.05, 0) is 25.0 Å². The van der Waals surface area contributed by atoms with Crippen LogP contribution in [0.2, 0.25) is 5.02 Å². The molecular formula is C19H20ClN7. The lowest BCUT2D eigenvalue weighted by Crippen LogP contribution is -2.33. The van der Waals surface area contributed by atoms with Crippen molar-refractivity contribution < 1.29 is 0 Å². The number of aromatic nitrogens is 5. The number of nitrogens with one attached hydrogen (secondary N) is 1. The molecule has 0 bridgehead atoms. The molecule has 138 valence electrons. The van der Waals surface area contributed by atoms with E-state index in [4.69, 9.17) is 16.6 Å². The van der Waals surface area contributed by atoms with Crippen molar-refractivity contribution in [3.05, 3.63) is 52.2 Å². The summed E-state index contributed by atoms with van der Waals surface area (Å²) < 4.78 is 0. The van der Waals surface area contributed by atoms with Crippen LogP contribution in [0, 0.1) is 13.8 Å². The summed E-state index contributed by atoms with van der Waals surface area (Å²) in [6.45, 7) is 5.42. The minimum Gasteiger partial charge on any atom is -0.372 e. The normalized spacial score (nSPS) is 13.4. The summed E-state index contributed by atoms with van der Waals surface area (Å²) in [6, 6.07) is 2.08. The molecule has 0 fully saturated rings. The molecule has 0 unspecified atom stereocenters. The molecule has 3 aromatic rings. The maximum absolute atomic E-state index is 6.38. The zero-order chi connectivity index (χ0) is 19.0. The van der Waals surface area contributed by atoms with Gasteiger partial charge in [-0.25, -0.2) is 15.0 Å². The SMILES string of the molecule is CNc1cnc2c(n1)CCN(c1ncc(Cl)c(-c3ncc(C)cc3C)n1)C2. The number of anilines is 2. The van der Waals surface area contributed by atoms with Crippen LogP contribution in [0.3, 0.4) is 0 Å². The molecule has 3 aromatic heterocycles. The van der Waals surface area contributed by atoms with E-state index in [1.165, 1.54) is 0 Å². The van der Waals surface area contributed by atoms with Crippen LogP contribution < -0.4 is 10.2 Å². The Morgan fingerprint density at radius 2 is 1.85 bits per heavy atom. The van der Waals surface area contributed by atoms with Gasteiger partial charge in [0.15, 0.2) is 0 Å². The third-order valence-electron chi connectivity index (χ3n) is 4.60. The first-order chi connectivity index (χ1) is 13.0. The fourth-order valence-electron chi connectivity index (χ4n) is 3.22. The van der Waals surface area contributed by atoms with E-state index in [0.717, 1.165) is 47.0 Å². The Morgan fingerprint density at radius 1 is 1.00 bits per heavy atom. The third kappa shape index (κ3) is 3.42. The summed E-state index contributed by atoms with van der Waals surface area (Å²) in [5.41, 5.74) is 5.55. The maximum atomic E-state index is 6.38. The Balaban J connectivity index is 1.67. The first kappa shape index (κ1) is 17.6. The molecule has 0 spiro atoms. The van der Waals surface area contributed by atoms with Crippen molar-refractivity contribution in [3.8, 4) is 11.4 Å². The van der Waals surface area contributed by atoms with Crippen molar-refractivity contribution in [2.24, 2.45) is 0 Å². The minimum atomic E-state index is 0.495. The van der Waals surface area contributed by atoms with Gasteiger partial charge in [0.25, 0.3) is 0 Å². The topological polar surface area (TPSA) is 79.7 Å². The van der Waals surface area contributed by atoms with E-state index in [9.17, 15) is 0 Å². The van der Waals surface area contributed by atoms with E-state index in [1.54, 1.807) is 12.4 Å². The van der Waals surface area contributed by atoms with Crippen molar-refractivity contribution >= 4 is 23.4 Å². The minimum absolute atomic E-state index is 0.495. The molecular weight excluding hydrogens is 362 g/mol. The number of aryl methyl sites for hydroxylation is 2. The number of hydrogen-bond donors (Lipinski definition) is 1. The Labute approximate surface area is 162 Å². The van der Waals surface area contributed by atoms with E-state index >= 15 is 0 Å². The van der Waals surface area contributed by atoms with Crippen molar-refractivity contribution in [2.75, 3.05) is 23.8 Å². The second kappa shape index (κ2) is 7.08. The predicted molar refractivity (Wildman–Crippen MR) is 106 cm³/mol. The largest absolute Gasteiger partial charge is 0.372 e. The number of pyridine rings is 1. The van der Waals surface area contributed by atoms with Crippen molar-refractivity contribution in [2.45, 2.75) is 26.8 Å². The molecule has 0 aliphatic carbocycles. The van der Waals surface area contributed by atoms with Crippen molar-refractivity contribution in [1.82, 2.24) is 24.9 Å². The molecule has 8 heteroatoms. The first-order valence-electron chi connectivity index (χ1n) is 8.79. The number of nitrogens with zero attached hydrogens (tertiary/aromatic N) is 6. The highest BCUT2D eigenvalue weighted by atomic mass is 35.5. The lowest BCUT2D eigenvalue weighted by Gasteiger charge is -2.28. The van der Waals surface area contributed by atoms with Crippen molar-refractivity contribution in [3.63, 3.8) is 0 Å². The smallest absolute Gasteiger partial charge is 0.226 e. The Hall–Kier alpha value is -2.80. The fourth-order valence-corrected chi connectivity index (χ4v) is 3.40. The molecule has 1 aliphatic rings. The van der Waals surface area contributed by atoms with Crippen LogP contribution >= 0.6 is 11.6 Å². The highest BCUT2D eigenvalue weighted by molar-refractivity contribution is 6.32. The van der Waals surface area contributed by atoms with Gasteiger partial charge in [-0.2, -0.15) is 0 Å². The molecule has 4 rings (SSSR count). The van der Waals surface area contributed by atoms with Gasteiger partial charge in [-0.15, -0.1) is 0 Å². The predicted octanol–water partition coefficient (Wildman–Crippen LogP) is 3.20. The van der Waals surface area contributed by atoms with E-state index in [1.807, 2.05) is 27.1 Å². The van der Waals surface area contributed by atoms with Crippen LogP contribution in [0.4, 0.5) is 11.8 Å². The average molecular weight is 382 g/mol. The zero-order valence-corrected chi connectivity index (χ0v) is 16.2. The van der Waals surface area contributed by atoms with Gasteiger partial charge in [-0.3, -0.25) is 9.97 Å². The van der Waals surface area contributed by atoms with Crippen LogP contribution in [0.5, 0.6) is 0 Å². The number of fused-ring (bicyclic) bond motifs is 1. The van der Waals surface area contributed by atoms with E-state index < -0.39 is 0 Å². The second-order valence-corrected chi connectivity index (χ2v) is 7.02. The molecule has 0 aromatic carbocycles. The van der Waals surface area contributed by atoms with Gasteiger partial charge in [0, 0.05) is 26.2 Å². The molecule has 1 aliphatic heterocycles. The van der Waals surface area contributed by atoms with Crippen molar-refractivity contribution in [1.29, 1.82) is 0 Å². The van der Waals surface area contributed by atoms with Gasteiger partial charge in [0.2, 0.25) is 5.95 Å². The molecule has 0 radical (unpaired) electrons. The van der Waals surface area contributed by atoms with Crippen LogP contribution in [-0.4, -0.2) is 38.5 Å². The average Bonchev–Trinajstić information content (AvgIpc) is 2.68. The summed E-state index contributed by atoms with van der Waals surface area (Å²) in [5.74, 6) is 1.41. The fraction of sp³-hybridized carbons (Fsp3) is 0.316. The van der Waals surface area contributed by atoms with Gasteiger partial charge < -0.3 is 10.2 Å². The molecule has 0 saturated carbocycles. The highest BCUT2D eigenvalue weighted by Gasteiger charge is 2.22. The molecule has 0 saturated heterocycles. The monoisotopic (exact) mass is 381 g/mol. The Bertz CT molecular complexity index is 1010. The van der Waals surface area contributed by atoms with Gasteiger partial charge in [-0.1, -0.05) is 17.7 Å². The standard InChI is InChI=1S/C19H20ClN7/c1-11-6-12(2)17(23-7-11)18-13(20)8-24-19(26-18)27-5-4-14-15(10-27)22-9-16(21-3)25-14/h6-9H,4-5,10H2,1-3H3,(H,21,25). The molecule has 0 amide bonds. The number of rotatable bonds is 3. The molecule has 4 heterocycles. The lowest BCUT2D eigenvalue weighted by molar-refractivity contribution is 0.673. The van der Waals surface area contributed by atoms with Gasteiger partial charge >= 0.3 is 0 Å². The van der Waals surface area contributed by atoms with Crippen LogP contribution in [0.1, 0.15) is 22.5 Å². The molecule has 1 N–H and O–H groups in total. The van der Waals surface area contributed by atoms with E-state index in [2.05, 4.69) is 36.2 Å².